The lowest BCUT2D eigenvalue weighted by Gasteiger charge is -2.30. The topological polar surface area (TPSA) is 78.4 Å². The molecule has 10 heteroatoms. The van der Waals surface area contributed by atoms with Crippen molar-refractivity contribution in [2.45, 2.75) is 46.5 Å². The summed E-state index contributed by atoms with van der Waals surface area (Å²) in [6.45, 7) is 14.2. The number of nitrogen functional groups attached to an aromatic ring is 1. The Morgan fingerprint density at radius 3 is 2.56 bits per heavy atom. The lowest BCUT2D eigenvalue weighted by Crippen LogP contribution is -2.35. The van der Waals surface area contributed by atoms with E-state index in [4.69, 9.17) is 15.5 Å². The van der Waals surface area contributed by atoms with Gasteiger partial charge in [-0.2, -0.15) is 0 Å². The van der Waals surface area contributed by atoms with E-state index in [1.807, 2.05) is 10.8 Å². The average molecular weight is 454 g/mol. The van der Waals surface area contributed by atoms with Crippen LogP contribution >= 0.6 is 0 Å². The molecule has 7 nitrogen and oxygen atoms in total. The number of pyridine rings is 1. The third kappa shape index (κ3) is 6.62. The molecule has 32 heavy (non-hydrogen) atoms. The molecule has 1 saturated heterocycles. The van der Waals surface area contributed by atoms with Crippen molar-refractivity contribution in [3.8, 4) is 17.0 Å². The molecule has 0 bridgehead atoms. The molecule has 0 atom stereocenters. The minimum absolute atomic E-state index is 0.0223. The van der Waals surface area contributed by atoms with Gasteiger partial charge in [-0.15, -0.1) is 13.2 Å². The van der Waals surface area contributed by atoms with E-state index in [9.17, 15) is 13.2 Å². The zero-order chi connectivity index (χ0) is 23.5. The number of hydrogen-bond acceptors (Lipinski definition) is 6. The van der Waals surface area contributed by atoms with Gasteiger partial charge in [-0.1, -0.05) is 27.4 Å². The van der Waals surface area contributed by atoms with Crippen molar-refractivity contribution in [1.82, 2.24) is 19.4 Å². The largest absolute Gasteiger partial charge is 0.573 e. The number of rotatable bonds is 7. The number of aryl methyl sites for hydroxylation is 1. The highest BCUT2D eigenvalue weighted by Crippen LogP contribution is 2.32. The molecule has 0 spiro atoms. The van der Waals surface area contributed by atoms with Gasteiger partial charge in [0.25, 0.3) is 0 Å². The number of allylic oxidation sites excluding steroid dienone is 1. The van der Waals surface area contributed by atoms with Crippen LogP contribution in [0, 0.1) is 5.41 Å². The third-order valence-corrected chi connectivity index (χ3v) is 5.05. The first-order valence-corrected chi connectivity index (χ1v) is 10.5. The molecule has 2 aromatic rings. The summed E-state index contributed by atoms with van der Waals surface area (Å²) in [6.07, 6.45) is -0.192. The molecule has 0 aromatic carbocycles. The van der Waals surface area contributed by atoms with Crippen molar-refractivity contribution in [3.63, 3.8) is 0 Å². The maximum atomic E-state index is 12.7. The minimum atomic E-state index is -4.86. The number of imidazole rings is 1. The molecular formula is C22H30F3N5O2. The first-order valence-electron chi connectivity index (χ1n) is 10.5. The highest BCUT2D eigenvalue weighted by molar-refractivity contribution is 5.63. The van der Waals surface area contributed by atoms with Crippen molar-refractivity contribution in [1.29, 1.82) is 0 Å². The highest BCUT2D eigenvalue weighted by atomic mass is 19.4. The molecule has 3 heterocycles. The monoisotopic (exact) mass is 453 g/mol. The van der Waals surface area contributed by atoms with Crippen molar-refractivity contribution < 1.29 is 22.6 Å². The van der Waals surface area contributed by atoms with Gasteiger partial charge >= 0.3 is 6.36 Å². The predicted molar refractivity (Wildman–Crippen MR) is 116 cm³/mol. The second kappa shape index (κ2) is 9.40. The Labute approximate surface area is 186 Å². The van der Waals surface area contributed by atoms with Crippen molar-refractivity contribution in [2.24, 2.45) is 5.41 Å². The van der Waals surface area contributed by atoms with Gasteiger partial charge in [0.05, 0.1) is 18.9 Å². The van der Waals surface area contributed by atoms with Gasteiger partial charge in [-0.05, 0) is 11.5 Å². The SMILES string of the molecule is C=C(CCn1cc(-c2cnc(N)c(OC(F)(F)F)c2)nc1CC(C)(C)C)N1CCOCC1. The number of alkyl halides is 3. The number of anilines is 1. The zero-order valence-corrected chi connectivity index (χ0v) is 18.7. The van der Waals surface area contributed by atoms with Gasteiger partial charge in [0.15, 0.2) is 11.6 Å². The fourth-order valence-electron chi connectivity index (χ4n) is 3.49. The van der Waals surface area contributed by atoms with E-state index in [-0.39, 0.29) is 11.2 Å². The molecule has 0 radical (unpaired) electrons. The lowest BCUT2D eigenvalue weighted by molar-refractivity contribution is -0.274. The van der Waals surface area contributed by atoms with Crippen LogP contribution in [0.4, 0.5) is 19.0 Å². The summed E-state index contributed by atoms with van der Waals surface area (Å²) < 4.78 is 49.5. The molecule has 2 aromatic heterocycles. The number of halogens is 3. The Bertz CT molecular complexity index is 944. The van der Waals surface area contributed by atoms with Crippen LogP contribution in [0.25, 0.3) is 11.3 Å². The van der Waals surface area contributed by atoms with E-state index >= 15 is 0 Å². The van der Waals surface area contributed by atoms with Crippen LogP contribution in [0.15, 0.2) is 30.7 Å². The van der Waals surface area contributed by atoms with E-state index in [1.54, 1.807) is 0 Å². The molecule has 1 aliphatic rings. The molecule has 0 saturated carbocycles. The van der Waals surface area contributed by atoms with Crippen molar-refractivity contribution >= 4 is 5.82 Å². The zero-order valence-electron chi connectivity index (χ0n) is 18.7. The quantitative estimate of drug-likeness (QED) is 0.675. The molecule has 0 unspecified atom stereocenters. The molecule has 2 N–H and O–H groups in total. The summed E-state index contributed by atoms with van der Waals surface area (Å²) in [4.78, 5) is 10.8. The minimum Gasteiger partial charge on any atom is -0.402 e. The van der Waals surface area contributed by atoms with Gasteiger partial charge in [-0.25, -0.2) is 9.97 Å². The highest BCUT2D eigenvalue weighted by Gasteiger charge is 2.32. The van der Waals surface area contributed by atoms with Crippen molar-refractivity contribution in [3.05, 3.63) is 36.6 Å². The number of nitrogens with zero attached hydrogens (tertiary/aromatic N) is 4. The van der Waals surface area contributed by atoms with Crippen LogP contribution in [0.3, 0.4) is 0 Å². The summed E-state index contributed by atoms with van der Waals surface area (Å²) in [7, 11) is 0. The maximum Gasteiger partial charge on any atom is 0.573 e. The Balaban J connectivity index is 1.84. The first kappa shape index (κ1) is 23.9. The third-order valence-electron chi connectivity index (χ3n) is 5.05. The Morgan fingerprint density at radius 2 is 1.94 bits per heavy atom. The lowest BCUT2D eigenvalue weighted by atomic mass is 9.92. The Hall–Kier alpha value is -2.75. The summed E-state index contributed by atoms with van der Waals surface area (Å²) in [5.74, 6) is -0.0257. The van der Waals surface area contributed by atoms with Gasteiger partial charge in [0.1, 0.15) is 5.82 Å². The Morgan fingerprint density at radius 1 is 1.25 bits per heavy atom. The molecular weight excluding hydrogens is 423 g/mol. The molecule has 0 amide bonds. The van der Waals surface area contributed by atoms with Gasteiger partial charge < -0.3 is 24.7 Å². The smallest absolute Gasteiger partial charge is 0.402 e. The predicted octanol–water partition coefficient (Wildman–Crippen LogP) is 4.25. The molecule has 0 aliphatic carbocycles. The van der Waals surface area contributed by atoms with E-state index in [0.717, 1.165) is 31.0 Å². The van der Waals surface area contributed by atoms with E-state index in [1.165, 1.54) is 12.3 Å². The van der Waals surface area contributed by atoms with Crippen molar-refractivity contribution in [2.75, 3.05) is 32.0 Å². The van der Waals surface area contributed by atoms with E-state index < -0.39 is 12.1 Å². The van der Waals surface area contributed by atoms with Crippen LogP contribution in [0.5, 0.6) is 5.75 Å². The first-order chi connectivity index (χ1) is 14.9. The number of ether oxygens (including phenoxy) is 2. The summed E-state index contributed by atoms with van der Waals surface area (Å²) in [6, 6.07) is 1.22. The fourth-order valence-corrected chi connectivity index (χ4v) is 3.49. The summed E-state index contributed by atoms with van der Waals surface area (Å²) in [5, 5.41) is 0. The number of hydrogen-bond donors (Lipinski definition) is 1. The standard InChI is InChI=1S/C22H30F3N5O2/c1-15(29-7-9-31-10-8-29)5-6-30-14-17(28-19(30)12-21(2,3)4)16-11-18(20(26)27-13-16)32-22(23,24)25/h11,13-14H,1,5-10,12H2,2-4H3,(H2,26,27). The number of morpholine rings is 1. The van der Waals surface area contributed by atoms with Crippen LogP contribution in [-0.2, 0) is 17.7 Å². The maximum absolute atomic E-state index is 12.7. The van der Waals surface area contributed by atoms with E-state index in [0.29, 0.717) is 37.4 Å². The van der Waals surface area contributed by atoms with Crippen LogP contribution < -0.4 is 10.5 Å². The van der Waals surface area contributed by atoms with E-state index in [2.05, 4.69) is 42.0 Å². The van der Waals surface area contributed by atoms with Crippen LogP contribution in [0.2, 0.25) is 0 Å². The number of nitrogens with two attached hydrogens (primary N) is 1. The van der Waals surface area contributed by atoms with Crippen LogP contribution in [0.1, 0.15) is 33.0 Å². The molecule has 176 valence electrons. The summed E-state index contributed by atoms with van der Waals surface area (Å²) in [5.41, 5.74) is 7.48. The number of aromatic nitrogens is 3. The van der Waals surface area contributed by atoms with Gasteiger partial charge in [0, 0.05) is 56.1 Å². The van der Waals surface area contributed by atoms with Gasteiger partial charge in [-0.3, -0.25) is 0 Å². The van der Waals surface area contributed by atoms with Gasteiger partial charge in [0.2, 0.25) is 0 Å². The second-order valence-electron chi connectivity index (χ2n) is 9.04. The molecule has 1 aliphatic heterocycles. The Kier molecular flexibility index (Phi) is 7.02. The summed E-state index contributed by atoms with van der Waals surface area (Å²) >= 11 is 0. The molecule has 1 fully saturated rings. The average Bonchev–Trinajstić information content (AvgIpc) is 3.08. The fraction of sp³-hybridized carbons (Fsp3) is 0.545. The normalized spacial score (nSPS) is 15.1. The second-order valence-corrected chi connectivity index (χ2v) is 9.04. The van der Waals surface area contributed by atoms with Crippen LogP contribution in [-0.4, -0.2) is 52.1 Å². The molecule has 3 rings (SSSR count).